The third-order valence-corrected chi connectivity index (χ3v) is 6.15. The minimum absolute atomic E-state index is 0.0735. The first kappa shape index (κ1) is 22.7. The number of H-pyrrole nitrogens is 1. The molecule has 0 bridgehead atoms. The molecule has 2 heterocycles. The Morgan fingerprint density at radius 2 is 1.73 bits per heavy atom. The topological polar surface area (TPSA) is 90.7 Å². The summed E-state index contributed by atoms with van der Waals surface area (Å²) in [6.07, 6.45) is 2.24. The molecule has 1 saturated heterocycles. The average Bonchev–Trinajstić information content (AvgIpc) is 2.81. The van der Waals surface area contributed by atoms with Crippen LogP contribution in [0.3, 0.4) is 0 Å². The van der Waals surface area contributed by atoms with Gasteiger partial charge in [-0.25, -0.2) is 9.36 Å². The molecule has 0 amide bonds. The number of hydrogen-bond donors (Lipinski definition) is 2. The Hall–Kier alpha value is -3.45. The number of piperidine rings is 1. The summed E-state index contributed by atoms with van der Waals surface area (Å²) in [5.74, 6) is -0.366. The number of nitrogens with one attached hydrogen (secondary N) is 1. The van der Waals surface area contributed by atoms with Crippen LogP contribution in [0, 0.1) is 6.92 Å². The van der Waals surface area contributed by atoms with Gasteiger partial charge >= 0.3 is 5.69 Å². The first-order valence-electron chi connectivity index (χ1n) is 11.4. The average molecular weight is 447 g/mol. The van der Waals surface area contributed by atoms with Crippen molar-refractivity contribution in [3.8, 4) is 11.6 Å². The molecule has 33 heavy (non-hydrogen) atoms. The van der Waals surface area contributed by atoms with Gasteiger partial charge in [0.15, 0.2) is 0 Å². The SMILES string of the molecule is CCC(=NC1CCN(Cc2ccccc2)CC1)c1c(O)n(-c2ccc(C)cc2)c(=O)[nH]c1=O. The van der Waals surface area contributed by atoms with Crippen LogP contribution in [0.2, 0.25) is 0 Å². The molecular weight excluding hydrogens is 416 g/mol. The van der Waals surface area contributed by atoms with Gasteiger partial charge in [-0.15, -0.1) is 0 Å². The van der Waals surface area contributed by atoms with Crippen molar-refractivity contribution in [2.24, 2.45) is 4.99 Å². The zero-order valence-corrected chi connectivity index (χ0v) is 19.1. The maximum absolute atomic E-state index is 12.7. The van der Waals surface area contributed by atoms with E-state index in [0.29, 0.717) is 17.8 Å². The molecule has 7 heteroatoms. The number of rotatable bonds is 6. The lowest BCUT2D eigenvalue weighted by molar-refractivity contribution is 0.206. The Kier molecular flexibility index (Phi) is 6.89. The van der Waals surface area contributed by atoms with Crippen LogP contribution in [-0.2, 0) is 6.54 Å². The van der Waals surface area contributed by atoms with E-state index < -0.39 is 11.2 Å². The number of aromatic hydroxyl groups is 1. The number of aliphatic imine (C=N–C) groups is 1. The van der Waals surface area contributed by atoms with Crippen molar-refractivity contribution >= 4 is 5.71 Å². The fourth-order valence-corrected chi connectivity index (χ4v) is 4.32. The summed E-state index contributed by atoms with van der Waals surface area (Å²) in [5.41, 5.74) is 2.14. The van der Waals surface area contributed by atoms with Crippen LogP contribution >= 0.6 is 0 Å². The standard InChI is InChI=1S/C26H30N4O3/c1-3-22(27-20-13-15-29(16-14-20)17-19-7-5-4-6-8-19)23-24(31)28-26(33)30(25(23)32)21-11-9-18(2)10-12-21/h4-12,20,32H,3,13-17H2,1-2H3,(H,28,31,33). The molecular formula is C26H30N4O3. The van der Waals surface area contributed by atoms with Crippen LogP contribution in [0.5, 0.6) is 5.88 Å². The Morgan fingerprint density at radius 3 is 2.36 bits per heavy atom. The Balaban J connectivity index is 1.57. The summed E-state index contributed by atoms with van der Waals surface area (Å²) in [6, 6.07) is 17.7. The molecule has 0 saturated carbocycles. The minimum Gasteiger partial charge on any atom is -0.493 e. The van der Waals surface area contributed by atoms with Crippen molar-refractivity contribution in [1.29, 1.82) is 0 Å². The zero-order valence-electron chi connectivity index (χ0n) is 19.1. The highest BCUT2D eigenvalue weighted by Crippen LogP contribution is 2.22. The van der Waals surface area contributed by atoms with Crippen LogP contribution < -0.4 is 11.2 Å². The molecule has 2 N–H and O–H groups in total. The lowest BCUT2D eigenvalue weighted by atomic mass is 10.0. The van der Waals surface area contributed by atoms with Gasteiger partial charge in [0.1, 0.15) is 5.56 Å². The highest BCUT2D eigenvalue weighted by Gasteiger charge is 2.23. The lowest BCUT2D eigenvalue weighted by Crippen LogP contribution is -2.36. The zero-order chi connectivity index (χ0) is 23.4. The third-order valence-electron chi connectivity index (χ3n) is 6.15. The third kappa shape index (κ3) is 5.14. The Morgan fingerprint density at radius 1 is 1.06 bits per heavy atom. The minimum atomic E-state index is -0.672. The second-order valence-electron chi connectivity index (χ2n) is 8.55. The first-order valence-corrected chi connectivity index (χ1v) is 11.4. The van der Waals surface area contributed by atoms with Crippen molar-refractivity contribution < 1.29 is 5.11 Å². The molecule has 1 fully saturated rings. The van der Waals surface area contributed by atoms with Gasteiger partial charge in [0.2, 0.25) is 5.88 Å². The van der Waals surface area contributed by atoms with Crippen molar-refractivity contribution in [2.75, 3.05) is 13.1 Å². The van der Waals surface area contributed by atoms with Gasteiger partial charge < -0.3 is 5.11 Å². The fraction of sp³-hybridized carbons (Fsp3) is 0.346. The number of nitrogens with zero attached hydrogens (tertiary/aromatic N) is 3. The van der Waals surface area contributed by atoms with Gasteiger partial charge in [-0.05, 0) is 43.9 Å². The van der Waals surface area contributed by atoms with E-state index in [4.69, 9.17) is 4.99 Å². The van der Waals surface area contributed by atoms with Crippen molar-refractivity contribution in [1.82, 2.24) is 14.5 Å². The van der Waals surface area contributed by atoms with Crippen LogP contribution in [0.4, 0.5) is 0 Å². The van der Waals surface area contributed by atoms with Crippen LogP contribution in [0.1, 0.15) is 42.9 Å². The normalized spacial score (nSPS) is 15.6. The number of aromatic amines is 1. The van der Waals surface area contributed by atoms with Gasteiger partial charge in [-0.2, -0.15) is 0 Å². The second kappa shape index (κ2) is 10.0. The summed E-state index contributed by atoms with van der Waals surface area (Å²) < 4.78 is 1.13. The van der Waals surface area contributed by atoms with Crippen molar-refractivity contribution in [3.63, 3.8) is 0 Å². The maximum Gasteiger partial charge on any atom is 0.335 e. The fourth-order valence-electron chi connectivity index (χ4n) is 4.32. The monoisotopic (exact) mass is 446 g/mol. The van der Waals surface area contributed by atoms with Crippen molar-refractivity contribution in [3.05, 3.63) is 92.1 Å². The molecule has 0 spiro atoms. The quantitative estimate of drug-likeness (QED) is 0.568. The van der Waals surface area contributed by atoms with Crippen LogP contribution in [0.15, 0.2) is 69.2 Å². The molecule has 0 aliphatic carbocycles. The molecule has 1 aliphatic heterocycles. The van der Waals surface area contributed by atoms with E-state index in [1.807, 2.05) is 32.0 Å². The van der Waals surface area contributed by atoms with E-state index in [9.17, 15) is 14.7 Å². The molecule has 1 aliphatic rings. The molecule has 2 aromatic carbocycles. The maximum atomic E-state index is 12.7. The van der Waals surface area contributed by atoms with E-state index in [2.05, 4.69) is 34.1 Å². The number of benzene rings is 2. The second-order valence-corrected chi connectivity index (χ2v) is 8.55. The number of likely N-dealkylation sites (tertiary alicyclic amines) is 1. The van der Waals surface area contributed by atoms with Gasteiger partial charge in [0.25, 0.3) is 5.56 Å². The first-order chi connectivity index (χ1) is 16.0. The highest BCUT2D eigenvalue weighted by atomic mass is 16.3. The predicted octanol–water partition coefficient (Wildman–Crippen LogP) is 3.40. The van der Waals surface area contributed by atoms with E-state index in [0.717, 1.165) is 42.6 Å². The molecule has 172 valence electrons. The van der Waals surface area contributed by atoms with Crippen LogP contribution in [-0.4, -0.2) is 44.4 Å². The highest BCUT2D eigenvalue weighted by molar-refractivity contribution is 6.02. The Labute approximate surface area is 193 Å². The largest absolute Gasteiger partial charge is 0.493 e. The van der Waals surface area contributed by atoms with Gasteiger partial charge in [0.05, 0.1) is 17.4 Å². The molecule has 0 radical (unpaired) electrons. The molecule has 3 aromatic rings. The van der Waals surface area contributed by atoms with E-state index in [1.54, 1.807) is 12.1 Å². The molecule has 7 nitrogen and oxygen atoms in total. The number of hydrogen-bond acceptors (Lipinski definition) is 5. The van der Waals surface area contributed by atoms with Crippen LogP contribution in [0.25, 0.3) is 5.69 Å². The summed E-state index contributed by atoms with van der Waals surface area (Å²) in [6.45, 7) is 6.61. The smallest absolute Gasteiger partial charge is 0.335 e. The van der Waals surface area contributed by atoms with E-state index in [-0.39, 0.29) is 17.5 Å². The summed E-state index contributed by atoms with van der Waals surface area (Å²) in [4.78, 5) is 34.8. The van der Waals surface area contributed by atoms with Gasteiger partial charge in [-0.3, -0.25) is 19.7 Å². The van der Waals surface area contributed by atoms with Crippen molar-refractivity contribution in [2.45, 2.75) is 45.7 Å². The molecule has 0 unspecified atom stereocenters. The lowest BCUT2D eigenvalue weighted by Gasteiger charge is -2.30. The van der Waals surface area contributed by atoms with E-state index >= 15 is 0 Å². The van der Waals surface area contributed by atoms with Gasteiger partial charge in [-0.1, -0.05) is 55.0 Å². The summed E-state index contributed by atoms with van der Waals surface area (Å²) in [5, 5.41) is 11.0. The number of aryl methyl sites for hydroxylation is 1. The summed E-state index contributed by atoms with van der Waals surface area (Å²) >= 11 is 0. The Bertz CT molecular complexity index is 1240. The molecule has 0 atom stereocenters. The van der Waals surface area contributed by atoms with E-state index in [1.165, 1.54) is 5.56 Å². The summed E-state index contributed by atoms with van der Waals surface area (Å²) in [7, 11) is 0. The molecule has 4 rings (SSSR count). The molecule has 1 aromatic heterocycles. The van der Waals surface area contributed by atoms with Gasteiger partial charge in [0, 0.05) is 19.6 Å². The predicted molar refractivity (Wildman–Crippen MR) is 131 cm³/mol. The number of aromatic nitrogens is 2.